The van der Waals surface area contributed by atoms with Gasteiger partial charge in [-0.25, -0.2) is 14.8 Å². The minimum absolute atomic E-state index is 0.162. The van der Waals surface area contributed by atoms with Crippen molar-refractivity contribution in [3.63, 3.8) is 0 Å². The number of nitrogens with zero attached hydrogens (tertiary/aromatic N) is 2. The van der Waals surface area contributed by atoms with E-state index in [4.69, 9.17) is 4.74 Å². The number of nitrogens with one attached hydrogen (secondary N) is 2. The SMILES string of the molecule is COc1ccc(CCNC(=O)NCCc2cncnc2)cc1. The van der Waals surface area contributed by atoms with Crippen LogP contribution in [0.15, 0.2) is 43.0 Å². The van der Waals surface area contributed by atoms with Gasteiger partial charge in [0.05, 0.1) is 7.11 Å². The number of carbonyl (C=O) groups excluding carboxylic acids is 1. The van der Waals surface area contributed by atoms with Gasteiger partial charge in [0.15, 0.2) is 0 Å². The van der Waals surface area contributed by atoms with E-state index in [-0.39, 0.29) is 6.03 Å². The van der Waals surface area contributed by atoms with Crippen LogP contribution in [0.25, 0.3) is 0 Å². The number of amides is 2. The van der Waals surface area contributed by atoms with Crippen LogP contribution in [0, 0.1) is 0 Å². The minimum Gasteiger partial charge on any atom is -0.497 e. The number of rotatable bonds is 7. The van der Waals surface area contributed by atoms with Gasteiger partial charge in [-0.15, -0.1) is 0 Å². The van der Waals surface area contributed by atoms with Crippen molar-refractivity contribution in [2.45, 2.75) is 12.8 Å². The molecule has 0 saturated carbocycles. The van der Waals surface area contributed by atoms with E-state index >= 15 is 0 Å². The third-order valence-corrected chi connectivity index (χ3v) is 3.17. The number of methoxy groups -OCH3 is 1. The molecule has 6 heteroatoms. The van der Waals surface area contributed by atoms with Gasteiger partial charge in [0.25, 0.3) is 0 Å². The van der Waals surface area contributed by atoms with Crippen molar-refractivity contribution in [1.82, 2.24) is 20.6 Å². The molecule has 6 nitrogen and oxygen atoms in total. The Morgan fingerprint density at radius 1 is 1.00 bits per heavy atom. The number of carbonyl (C=O) groups is 1. The second-order valence-corrected chi connectivity index (χ2v) is 4.78. The monoisotopic (exact) mass is 300 g/mol. The Kier molecular flexibility index (Phi) is 6.17. The number of hydrogen-bond acceptors (Lipinski definition) is 4. The molecule has 1 aromatic heterocycles. The van der Waals surface area contributed by atoms with E-state index in [1.54, 1.807) is 19.5 Å². The van der Waals surface area contributed by atoms with Crippen LogP contribution in [-0.2, 0) is 12.8 Å². The van der Waals surface area contributed by atoms with Crippen LogP contribution in [0.4, 0.5) is 4.79 Å². The summed E-state index contributed by atoms with van der Waals surface area (Å²) in [6, 6.07) is 7.65. The average Bonchev–Trinajstić information content (AvgIpc) is 2.56. The van der Waals surface area contributed by atoms with Gasteiger partial charge in [-0.3, -0.25) is 0 Å². The first-order valence-corrected chi connectivity index (χ1v) is 7.16. The zero-order valence-corrected chi connectivity index (χ0v) is 12.6. The highest BCUT2D eigenvalue weighted by molar-refractivity contribution is 5.73. The van der Waals surface area contributed by atoms with Gasteiger partial charge >= 0.3 is 6.03 Å². The molecule has 116 valence electrons. The van der Waals surface area contributed by atoms with Crippen LogP contribution in [-0.4, -0.2) is 36.2 Å². The van der Waals surface area contributed by atoms with Crippen LogP contribution < -0.4 is 15.4 Å². The number of benzene rings is 1. The lowest BCUT2D eigenvalue weighted by Gasteiger charge is -2.08. The molecule has 0 aliphatic carbocycles. The first-order chi connectivity index (χ1) is 10.8. The largest absolute Gasteiger partial charge is 0.497 e. The summed E-state index contributed by atoms with van der Waals surface area (Å²) in [7, 11) is 1.64. The first-order valence-electron chi connectivity index (χ1n) is 7.16. The maximum Gasteiger partial charge on any atom is 0.314 e. The number of urea groups is 1. The summed E-state index contributed by atoms with van der Waals surface area (Å²) in [4.78, 5) is 19.5. The highest BCUT2D eigenvalue weighted by Gasteiger charge is 2.00. The molecule has 22 heavy (non-hydrogen) atoms. The Labute approximate surface area is 129 Å². The van der Waals surface area contributed by atoms with E-state index in [0.717, 1.165) is 23.3 Å². The maximum atomic E-state index is 11.7. The first kappa shape index (κ1) is 15.8. The molecule has 0 aliphatic heterocycles. The van der Waals surface area contributed by atoms with E-state index in [2.05, 4.69) is 20.6 Å². The molecule has 0 saturated heterocycles. The molecule has 0 aliphatic rings. The molecule has 2 N–H and O–H groups in total. The molecule has 2 aromatic rings. The average molecular weight is 300 g/mol. The van der Waals surface area contributed by atoms with Crippen LogP contribution in [0.5, 0.6) is 5.75 Å². The van der Waals surface area contributed by atoms with Crippen molar-refractivity contribution in [2.75, 3.05) is 20.2 Å². The normalized spacial score (nSPS) is 10.0. The molecular formula is C16H20N4O2. The Bertz CT molecular complexity index is 572. The predicted molar refractivity (Wildman–Crippen MR) is 83.8 cm³/mol. The second kappa shape index (κ2) is 8.61. The topological polar surface area (TPSA) is 76.1 Å². The van der Waals surface area contributed by atoms with E-state index in [9.17, 15) is 4.79 Å². The van der Waals surface area contributed by atoms with Crippen LogP contribution in [0.1, 0.15) is 11.1 Å². The fourth-order valence-electron chi connectivity index (χ4n) is 1.95. The Morgan fingerprint density at radius 2 is 1.59 bits per heavy atom. The highest BCUT2D eigenvalue weighted by Crippen LogP contribution is 2.11. The highest BCUT2D eigenvalue weighted by atomic mass is 16.5. The summed E-state index contributed by atoms with van der Waals surface area (Å²) in [6.45, 7) is 1.15. The molecule has 0 spiro atoms. The van der Waals surface area contributed by atoms with Crippen molar-refractivity contribution >= 4 is 6.03 Å². The lowest BCUT2D eigenvalue weighted by molar-refractivity contribution is 0.241. The second-order valence-electron chi connectivity index (χ2n) is 4.78. The molecule has 0 atom stereocenters. The van der Waals surface area contributed by atoms with Gasteiger partial charge in [0.2, 0.25) is 0 Å². The zero-order valence-electron chi connectivity index (χ0n) is 12.6. The van der Waals surface area contributed by atoms with Crippen molar-refractivity contribution in [3.05, 3.63) is 54.1 Å². The molecule has 0 fully saturated rings. The molecule has 2 amide bonds. The molecule has 0 radical (unpaired) electrons. The molecular weight excluding hydrogens is 280 g/mol. The Morgan fingerprint density at radius 3 is 2.18 bits per heavy atom. The van der Waals surface area contributed by atoms with Crippen LogP contribution >= 0.6 is 0 Å². The van der Waals surface area contributed by atoms with E-state index in [0.29, 0.717) is 19.5 Å². The summed E-state index contributed by atoms with van der Waals surface area (Å²) in [5.74, 6) is 0.833. The molecule has 0 unspecified atom stereocenters. The molecule has 1 heterocycles. The minimum atomic E-state index is -0.162. The maximum absolute atomic E-state index is 11.7. The third-order valence-electron chi connectivity index (χ3n) is 3.17. The number of hydrogen-bond donors (Lipinski definition) is 2. The fraction of sp³-hybridized carbons (Fsp3) is 0.312. The smallest absolute Gasteiger partial charge is 0.314 e. The van der Waals surface area contributed by atoms with Crippen LogP contribution in [0.2, 0.25) is 0 Å². The van der Waals surface area contributed by atoms with E-state index < -0.39 is 0 Å². The predicted octanol–water partition coefficient (Wildman–Crippen LogP) is 1.57. The van der Waals surface area contributed by atoms with Crippen LogP contribution in [0.3, 0.4) is 0 Å². The van der Waals surface area contributed by atoms with E-state index in [1.165, 1.54) is 6.33 Å². The molecule has 2 rings (SSSR count). The molecule has 0 bridgehead atoms. The van der Waals surface area contributed by atoms with Crippen molar-refractivity contribution in [3.8, 4) is 5.75 Å². The van der Waals surface area contributed by atoms with Crippen molar-refractivity contribution in [1.29, 1.82) is 0 Å². The summed E-state index contributed by atoms with van der Waals surface area (Å²) in [5.41, 5.74) is 2.16. The van der Waals surface area contributed by atoms with Gasteiger partial charge < -0.3 is 15.4 Å². The number of ether oxygens (including phenoxy) is 1. The summed E-state index contributed by atoms with van der Waals surface area (Å²) < 4.78 is 5.10. The van der Waals surface area contributed by atoms with Gasteiger partial charge in [-0.05, 0) is 36.1 Å². The van der Waals surface area contributed by atoms with Gasteiger partial charge in [0, 0.05) is 25.5 Å². The van der Waals surface area contributed by atoms with Crippen molar-refractivity contribution in [2.24, 2.45) is 0 Å². The molecule has 1 aromatic carbocycles. The van der Waals surface area contributed by atoms with E-state index in [1.807, 2.05) is 24.3 Å². The summed E-state index contributed by atoms with van der Waals surface area (Å²) >= 11 is 0. The third kappa shape index (κ3) is 5.40. The lowest BCUT2D eigenvalue weighted by Crippen LogP contribution is -2.37. The zero-order chi connectivity index (χ0) is 15.6. The summed E-state index contributed by atoms with van der Waals surface area (Å²) in [6.07, 6.45) is 6.48. The van der Waals surface area contributed by atoms with Gasteiger partial charge in [-0.1, -0.05) is 12.1 Å². The number of aromatic nitrogens is 2. The standard InChI is InChI=1S/C16H20N4O2/c1-22-15-4-2-13(3-5-15)6-8-19-16(21)20-9-7-14-10-17-12-18-11-14/h2-5,10-12H,6-9H2,1H3,(H2,19,20,21). The van der Waals surface area contributed by atoms with Crippen molar-refractivity contribution < 1.29 is 9.53 Å². The summed E-state index contributed by atoms with van der Waals surface area (Å²) in [5, 5.41) is 5.64. The fourth-order valence-corrected chi connectivity index (χ4v) is 1.95. The van der Waals surface area contributed by atoms with Gasteiger partial charge in [0.1, 0.15) is 12.1 Å². The Balaban J connectivity index is 1.61. The lowest BCUT2D eigenvalue weighted by atomic mass is 10.1. The van der Waals surface area contributed by atoms with Gasteiger partial charge in [-0.2, -0.15) is 0 Å². The quantitative estimate of drug-likeness (QED) is 0.814. The Hall–Kier alpha value is -2.63.